The average Bonchev–Trinajstić information content (AvgIpc) is 2.49. The molecule has 0 aliphatic carbocycles. The van der Waals surface area contributed by atoms with Crippen LogP contribution in [-0.2, 0) is 0 Å². The Morgan fingerprint density at radius 3 is 2.90 bits per heavy atom. The van der Waals surface area contributed by atoms with E-state index in [0.717, 1.165) is 30.6 Å². The Labute approximate surface area is 122 Å². The molecule has 1 aliphatic rings. The van der Waals surface area contributed by atoms with Gasteiger partial charge in [0, 0.05) is 48.7 Å². The topological polar surface area (TPSA) is 85.3 Å². The largest absolute Gasteiger partial charge is 0.369 e. The zero-order chi connectivity index (χ0) is 15.0. The molecule has 0 spiro atoms. The molecule has 0 saturated carbocycles. The summed E-state index contributed by atoms with van der Waals surface area (Å²) in [6.07, 6.45) is 4.26. The maximum atomic E-state index is 11.1. The highest BCUT2D eigenvalue weighted by Crippen LogP contribution is 2.34. The summed E-state index contributed by atoms with van der Waals surface area (Å²) in [5.74, 6) is 0.507. The molecular weight excluding hydrogens is 268 g/mol. The van der Waals surface area contributed by atoms with E-state index in [1.54, 1.807) is 18.5 Å². The first-order chi connectivity index (χ1) is 10.1. The van der Waals surface area contributed by atoms with Crippen molar-refractivity contribution in [2.45, 2.75) is 19.4 Å². The lowest BCUT2D eigenvalue weighted by atomic mass is 9.93. The van der Waals surface area contributed by atoms with Crippen LogP contribution in [0.15, 0.2) is 30.6 Å². The summed E-state index contributed by atoms with van der Waals surface area (Å²) in [4.78, 5) is 17.0. The van der Waals surface area contributed by atoms with Gasteiger partial charge in [-0.25, -0.2) is 0 Å². The summed E-state index contributed by atoms with van der Waals surface area (Å²) in [6, 6.07) is 5.35. The van der Waals surface area contributed by atoms with Gasteiger partial charge >= 0.3 is 0 Å². The standard InChI is InChI=1S/C15H18N4O2/c1-10-5-7-18(9-13(10)16)14-2-3-15(19(20)21)12-8-17-6-4-11(12)14/h2-4,6,8,10,13H,5,7,9,16H2,1H3. The summed E-state index contributed by atoms with van der Waals surface area (Å²) < 4.78 is 0. The number of aromatic nitrogens is 1. The van der Waals surface area contributed by atoms with Gasteiger partial charge in [-0.2, -0.15) is 0 Å². The Bertz CT molecular complexity index is 688. The molecule has 0 bridgehead atoms. The molecule has 110 valence electrons. The fourth-order valence-corrected chi connectivity index (χ4v) is 2.91. The van der Waals surface area contributed by atoms with Crippen LogP contribution in [0.5, 0.6) is 0 Å². The fraction of sp³-hybridized carbons (Fsp3) is 0.400. The highest BCUT2D eigenvalue weighted by atomic mass is 16.6. The first-order valence-corrected chi connectivity index (χ1v) is 7.09. The monoisotopic (exact) mass is 286 g/mol. The predicted molar refractivity (Wildman–Crippen MR) is 82.4 cm³/mol. The van der Waals surface area contributed by atoms with Crippen molar-refractivity contribution in [3.8, 4) is 0 Å². The van der Waals surface area contributed by atoms with Gasteiger partial charge in [-0.05, 0) is 24.5 Å². The van der Waals surface area contributed by atoms with Gasteiger partial charge in [0.2, 0.25) is 0 Å². The SMILES string of the molecule is CC1CCN(c2ccc([N+](=O)[O-])c3cnccc23)CC1N. The first kappa shape index (κ1) is 13.8. The Morgan fingerprint density at radius 1 is 1.38 bits per heavy atom. The van der Waals surface area contributed by atoms with Crippen molar-refractivity contribution in [2.24, 2.45) is 11.7 Å². The molecule has 2 unspecified atom stereocenters. The summed E-state index contributed by atoms with van der Waals surface area (Å²) in [7, 11) is 0. The van der Waals surface area contributed by atoms with Gasteiger partial charge in [-0.15, -0.1) is 0 Å². The molecule has 1 aromatic carbocycles. The maximum absolute atomic E-state index is 11.1. The van der Waals surface area contributed by atoms with Crippen molar-refractivity contribution in [2.75, 3.05) is 18.0 Å². The molecular formula is C15H18N4O2. The molecule has 1 saturated heterocycles. The van der Waals surface area contributed by atoms with E-state index in [4.69, 9.17) is 5.73 Å². The lowest BCUT2D eigenvalue weighted by molar-refractivity contribution is -0.383. The van der Waals surface area contributed by atoms with Crippen LogP contribution in [-0.4, -0.2) is 29.0 Å². The Morgan fingerprint density at radius 2 is 2.19 bits per heavy atom. The van der Waals surface area contributed by atoms with Crippen molar-refractivity contribution in [1.29, 1.82) is 0 Å². The van der Waals surface area contributed by atoms with Gasteiger partial charge in [0.05, 0.1) is 10.3 Å². The second-order valence-electron chi connectivity index (χ2n) is 5.66. The number of pyridine rings is 1. The molecule has 2 aromatic rings. The number of nitrogens with zero attached hydrogens (tertiary/aromatic N) is 3. The van der Waals surface area contributed by atoms with E-state index in [2.05, 4.69) is 16.8 Å². The summed E-state index contributed by atoms with van der Waals surface area (Å²) >= 11 is 0. The van der Waals surface area contributed by atoms with Crippen LogP contribution < -0.4 is 10.6 Å². The van der Waals surface area contributed by atoms with Crippen molar-refractivity contribution in [3.63, 3.8) is 0 Å². The number of rotatable bonds is 2. The third kappa shape index (κ3) is 2.42. The number of hydrogen-bond donors (Lipinski definition) is 1. The van der Waals surface area contributed by atoms with E-state index in [1.807, 2.05) is 12.1 Å². The van der Waals surface area contributed by atoms with Crippen LogP contribution in [0.4, 0.5) is 11.4 Å². The van der Waals surface area contributed by atoms with Crippen LogP contribution in [0.2, 0.25) is 0 Å². The smallest absolute Gasteiger partial charge is 0.278 e. The third-order valence-electron chi connectivity index (χ3n) is 4.33. The molecule has 1 aliphatic heterocycles. The molecule has 0 radical (unpaired) electrons. The van der Waals surface area contributed by atoms with E-state index in [9.17, 15) is 10.1 Å². The number of fused-ring (bicyclic) bond motifs is 1. The Kier molecular flexibility index (Phi) is 3.47. The van der Waals surface area contributed by atoms with Crippen LogP contribution in [0.25, 0.3) is 10.8 Å². The van der Waals surface area contributed by atoms with E-state index < -0.39 is 0 Å². The van der Waals surface area contributed by atoms with Crippen molar-refractivity contribution in [1.82, 2.24) is 4.98 Å². The van der Waals surface area contributed by atoms with Crippen LogP contribution in [0.3, 0.4) is 0 Å². The first-order valence-electron chi connectivity index (χ1n) is 7.09. The van der Waals surface area contributed by atoms with Gasteiger partial charge in [0.25, 0.3) is 5.69 Å². The zero-order valence-electron chi connectivity index (χ0n) is 11.9. The normalized spacial score (nSPS) is 22.5. The number of benzene rings is 1. The summed E-state index contributed by atoms with van der Waals surface area (Å²) in [6.45, 7) is 3.86. The van der Waals surface area contributed by atoms with Crippen LogP contribution >= 0.6 is 0 Å². The number of nitrogens with two attached hydrogens (primary N) is 1. The number of hydrogen-bond acceptors (Lipinski definition) is 5. The number of nitro benzene ring substituents is 1. The molecule has 3 rings (SSSR count). The van der Waals surface area contributed by atoms with Gasteiger partial charge < -0.3 is 10.6 Å². The molecule has 6 heteroatoms. The second kappa shape index (κ2) is 5.29. The molecule has 1 fully saturated rings. The second-order valence-corrected chi connectivity index (χ2v) is 5.66. The Balaban J connectivity index is 2.08. The van der Waals surface area contributed by atoms with Crippen molar-refractivity contribution >= 4 is 22.1 Å². The Hall–Kier alpha value is -2.21. The minimum Gasteiger partial charge on any atom is -0.369 e. The van der Waals surface area contributed by atoms with Crippen LogP contribution in [0.1, 0.15) is 13.3 Å². The minimum atomic E-state index is -0.363. The molecule has 2 N–H and O–H groups in total. The average molecular weight is 286 g/mol. The van der Waals surface area contributed by atoms with Crippen molar-refractivity contribution in [3.05, 3.63) is 40.7 Å². The van der Waals surface area contributed by atoms with E-state index >= 15 is 0 Å². The molecule has 1 aromatic heterocycles. The predicted octanol–water partition coefficient (Wildman–Crippen LogP) is 2.32. The third-order valence-corrected chi connectivity index (χ3v) is 4.33. The highest BCUT2D eigenvalue weighted by Gasteiger charge is 2.25. The van der Waals surface area contributed by atoms with Crippen LogP contribution in [0, 0.1) is 16.0 Å². The van der Waals surface area contributed by atoms with E-state index in [1.165, 1.54) is 0 Å². The molecule has 2 atom stereocenters. The maximum Gasteiger partial charge on any atom is 0.278 e. The molecule has 21 heavy (non-hydrogen) atoms. The minimum absolute atomic E-state index is 0.0940. The molecule has 0 amide bonds. The highest BCUT2D eigenvalue weighted by molar-refractivity contribution is 5.99. The summed E-state index contributed by atoms with van der Waals surface area (Å²) in [5.41, 5.74) is 7.26. The molecule has 6 nitrogen and oxygen atoms in total. The molecule has 2 heterocycles. The number of nitro groups is 1. The van der Waals surface area contributed by atoms with Gasteiger partial charge in [0.1, 0.15) is 0 Å². The van der Waals surface area contributed by atoms with Crippen molar-refractivity contribution < 1.29 is 4.92 Å². The fourth-order valence-electron chi connectivity index (χ4n) is 2.91. The number of piperidine rings is 1. The lowest BCUT2D eigenvalue weighted by Crippen LogP contribution is -2.47. The number of anilines is 1. The zero-order valence-corrected chi connectivity index (χ0v) is 11.9. The summed E-state index contributed by atoms with van der Waals surface area (Å²) in [5, 5.41) is 12.6. The van der Waals surface area contributed by atoms with Gasteiger partial charge in [-0.3, -0.25) is 15.1 Å². The van der Waals surface area contributed by atoms with E-state index in [-0.39, 0.29) is 16.7 Å². The van der Waals surface area contributed by atoms with Gasteiger partial charge in [-0.1, -0.05) is 6.92 Å². The van der Waals surface area contributed by atoms with E-state index in [0.29, 0.717) is 11.3 Å². The van der Waals surface area contributed by atoms with Gasteiger partial charge in [0.15, 0.2) is 0 Å². The number of non-ortho nitro benzene ring substituents is 1. The lowest BCUT2D eigenvalue weighted by Gasteiger charge is -2.37. The quantitative estimate of drug-likeness (QED) is 0.676.